The van der Waals surface area contributed by atoms with Crippen molar-refractivity contribution in [2.24, 2.45) is 5.84 Å². The highest BCUT2D eigenvalue weighted by molar-refractivity contribution is 7.09. The molecule has 118 valence electrons. The first-order valence-electron chi connectivity index (χ1n) is 7.18. The molecule has 0 saturated carbocycles. The minimum absolute atomic E-state index is 0.539. The van der Waals surface area contributed by atoms with E-state index < -0.39 is 0 Å². The molecule has 2 aromatic heterocycles. The molecule has 3 N–H and O–H groups in total. The maximum Gasteiger partial charge on any atom is 0.217 e. The molecule has 1 saturated heterocycles. The number of hydrogen-bond donors (Lipinski definition) is 2. The molecule has 0 amide bonds. The molecule has 7 nitrogen and oxygen atoms in total. The van der Waals surface area contributed by atoms with Gasteiger partial charge in [-0.3, -0.25) is 0 Å². The van der Waals surface area contributed by atoms with E-state index in [0.717, 1.165) is 43.4 Å². The summed E-state index contributed by atoms with van der Waals surface area (Å²) in [7, 11) is 0. The number of morpholine rings is 1. The second-order valence-corrected chi connectivity index (χ2v) is 5.80. The van der Waals surface area contributed by atoms with E-state index in [1.807, 2.05) is 17.5 Å². The number of pyridine rings is 1. The quantitative estimate of drug-likeness (QED) is 0.612. The molecule has 0 aliphatic carbocycles. The van der Waals surface area contributed by atoms with Gasteiger partial charge < -0.3 is 19.8 Å². The Morgan fingerprint density at radius 2 is 2.23 bits per heavy atom. The lowest BCUT2D eigenvalue weighted by atomic mass is 10.3. The molecule has 0 spiro atoms. The van der Waals surface area contributed by atoms with Crippen LogP contribution < -0.4 is 20.9 Å². The largest absolute Gasteiger partial charge is 0.477 e. The summed E-state index contributed by atoms with van der Waals surface area (Å²) in [6.07, 6.45) is 2.57. The van der Waals surface area contributed by atoms with Gasteiger partial charge in [0, 0.05) is 48.9 Å². The van der Waals surface area contributed by atoms with Crippen molar-refractivity contribution in [3.05, 3.63) is 28.7 Å². The monoisotopic (exact) mass is 321 g/mol. The topological polar surface area (TPSA) is 85.5 Å². The highest BCUT2D eigenvalue weighted by Crippen LogP contribution is 2.24. The van der Waals surface area contributed by atoms with Crippen LogP contribution in [0.3, 0.4) is 0 Å². The van der Waals surface area contributed by atoms with Crippen molar-refractivity contribution in [3.8, 4) is 5.88 Å². The van der Waals surface area contributed by atoms with Gasteiger partial charge in [-0.25, -0.2) is 10.8 Å². The Balaban J connectivity index is 1.66. The van der Waals surface area contributed by atoms with Gasteiger partial charge >= 0.3 is 0 Å². The van der Waals surface area contributed by atoms with E-state index >= 15 is 0 Å². The van der Waals surface area contributed by atoms with E-state index in [1.54, 1.807) is 17.5 Å². The van der Waals surface area contributed by atoms with E-state index in [4.69, 9.17) is 15.3 Å². The molecule has 1 aliphatic heterocycles. The first-order chi connectivity index (χ1) is 10.8. The number of nitrogens with zero attached hydrogens (tertiary/aromatic N) is 3. The summed E-state index contributed by atoms with van der Waals surface area (Å²) in [5.74, 6) is 6.66. The highest BCUT2D eigenvalue weighted by Gasteiger charge is 2.14. The number of aromatic nitrogens is 2. The Hall–Kier alpha value is -1.90. The molecule has 3 rings (SSSR count). The van der Waals surface area contributed by atoms with Crippen molar-refractivity contribution in [1.82, 2.24) is 9.97 Å². The molecule has 1 aliphatic rings. The summed E-state index contributed by atoms with van der Waals surface area (Å²) in [6, 6.07) is 3.85. The van der Waals surface area contributed by atoms with Crippen molar-refractivity contribution in [2.75, 3.05) is 43.2 Å². The highest BCUT2D eigenvalue weighted by atomic mass is 32.1. The van der Waals surface area contributed by atoms with Crippen LogP contribution in [0.25, 0.3) is 0 Å². The lowest BCUT2D eigenvalue weighted by Gasteiger charge is -2.29. The van der Waals surface area contributed by atoms with Crippen molar-refractivity contribution in [2.45, 2.75) is 6.42 Å². The summed E-state index contributed by atoms with van der Waals surface area (Å²) < 4.78 is 11.1. The van der Waals surface area contributed by atoms with Crippen LogP contribution in [-0.2, 0) is 11.2 Å². The second-order valence-electron chi connectivity index (χ2n) is 4.82. The Morgan fingerprint density at radius 1 is 1.36 bits per heavy atom. The smallest absolute Gasteiger partial charge is 0.217 e. The summed E-state index contributed by atoms with van der Waals surface area (Å²) in [5, 5.41) is 3.02. The van der Waals surface area contributed by atoms with E-state index in [0.29, 0.717) is 18.3 Å². The van der Waals surface area contributed by atoms with Crippen LogP contribution in [0.2, 0.25) is 0 Å². The second kappa shape index (κ2) is 7.39. The Bertz CT molecular complexity index is 587. The van der Waals surface area contributed by atoms with E-state index in [2.05, 4.69) is 20.3 Å². The summed E-state index contributed by atoms with van der Waals surface area (Å²) >= 11 is 1.63. The number of hydrogen-bond acceptors (Lipinski definition) is 8. The normalized spacial score (nSPS) is 14.9. The van der Waals surface area contributed by atoms with Crippen LogP contribution in [-0.4, -0.2) is 42.9 Å². The molecule has 3 heterocycles. The standard InChI is InChI=1S/C14H19N5O2S/c15-18-12-9-11(19-3-6-20-7-4-19)10-13(17-12)21-5-1-14-16-2-8-22-14/h2,8-10H,1,3-7,15H2,(H,17,18). The van der Waals surface area contributed by atoms with Crippen LogP contribution >= 0.6 is 11.3 Å². The number of nitrogens with one attached hydrogen (secondary N) is 1. The number of nitrogens with two attached hydrogens (primary N) is 1. The van der Waals surface area contributed by atoms with Crippen LogP contribution in [0.1, 0.15) is 5.01 Å². The van der Waals surface area contributed by atoms with E-state index in [1.165, 1.54) is 0 Å². The van der Waals surface area contributed by atoms with Gasteiger partial charge in [0.1, 0.15) is 5.82 Å². The zero-order chi connectivity index (χ0) is 15.2. The predicted molar refractivity (Wildman–Crippen MR) is 86.4 cm³/mol. The third-order valence-corrected chi connectivity index (χ3v) is 4.20. The van der Waals surface area contributed by atoms with Gasteiger partial charge in [-0.05, 0) is 0 Å². The lowest BCUT2D eigenvalue weighted by Crippen LogP contribution is -2.36. The van der Waals surface area contributed by atoms with Crippen LogP contribution in [0, 0.1) is 0 Å². The van der Waals surface area contributed by atoms with Gasteiger partial charge in [0.05, 0.1) is 24.8 Å². The molecule has 0 unspecified atom stereocenters. The first kappa shape index (κ1) is 15.0. The molecular formula is C14H19N5O2S. The third-order valence-electron chi connectivity index (χ3n) is 3.36. The number of hydrazine groups is 1. The van der Waals surface area contributed by atoms with Crippen LogP contribution in [0.5, 0.6) is 5.88 Å². The van der Waals surface area contributed by atoms with Gasteiger partial charge in [0.2, 0.25) is 5.88 Å². The van der Waals surface area contributed by atoms with Crippen molar-refractivity contribution < 1.29 is 9.47 Å². The number of nitrogen functional groups attached to an aromatic ring is 1. The number of ether oxygens (including phenoxy) is 2. The number of anilines is 2. The fourth-order valence-corrected chi connectivity index (χ4v) is 2.86. The lowest BCUT2D eigenvalue weighted by molar-refractivity contribution is 0.122. The zero-order valence-corrected chi connectivity index (χ0v) is 13.0. The molecular weight excluding hydrogens is 302 g/mol. The van der Waals surface area contributed by atoms with Crippen LogP contribution in [0.4, 0.5) is 11.5 Å². The maximum atomic E-state index is 5.76. The Kier molecular flexibility index (Phi) is 5.04. The average Bonchev–Trinajstić information content (AvgIpc) is 3.09. The summed E-state index contributed by atoms with van der Waals surface area (Å²) in [6.45, 7) is 3.71. The fourth-order valence-electron chi connectivity index (χ4n) is 2.26. The van der Waals surface area contributed by atoms with Gasteiger partial charge in [-0.15, -0.1) is 11.3 Å². The molecule has 0 atom stereocenters. The molecule has 0 bridgehead atoms. The Labute approximate surface area is 133 Å². The van der Waals surface area contributed by atoms with Crippen molar-refractivity contribution in [3.63, 3.8) is 0 Å². The average molecular weight is 321 g/mol. The van der Waals surface area contributed by atoms with Gasteiger partial charge in [-0.1, -0.05) is 0 Å². The molecule has 0 radical (unpaired) electrons. The van der Waals surface area contributed by atoms with Crippen LogP contribution in [0.15, 0.2) is 23.7 Å². The summed E-state index contributed by atoms with van der Waals surface area (Å²) in [4.78, 5) is 10.8. The van der Waals surface area contributed by atoms with E-state index in [9.17, 15) is 0 Å². The van der Waals surface area contributed by atoms with Gasteiger partial charge in [-0.2, -0.15) is 4.98 Å². The zero-order valence-electron chi connectivity index (χ0n) is 12.2. The van der Waals surface area contributed by atoms with Crippen molar-refractivity contribution >= 4 is 22.8 Å². The van der Waals surface area contributed by atoms with E-state index in [-0.39, 0.29) is 0 Å². The predicted octanol–water partition coefficient (Wildman–Crippen LogP) is 1.28. The molecule has 22 heavy (non-hydrogen) atoms. The molecule has 1 fully saturated rings. The first-order valence-corrected chi connectivity index (χ1v) is 8.05. The van der Waals surface area contributed by atoms with Gasteiger partial charge in [0.15, 0.2) is 0 Å². The minimum Gasteiger partial charge on any atom is -0.477 e. The minimum atomic E-state index is 0.539. The summed E-state index contributed by atoms with van der Waals surface area (Å²) in [5.41, 5.74) is 3.63. The maximum absolute atomic E-state index is 5.76. The number of thiazole rings is 1. The Morgan fingerprint density at radius 3 is 2.95 bits per heavy atom. The van der Waals surface area contributed by atoms with Crippen molar-refractivity contribution in [1.29, 1.82) is 0 Å². The molecule has 2 aromatic rings. The fraction of sp³-hybridized carbons (Fsp3) is 0.429. The molecule has 8 heteroatoms. The third kappa shape index (κ3) is 3.85. The SMILES string of the molecule is NNc1cc(N2CCOCC2)cc(OCCc2nccs2)n1. The number of rotatable bonds is 6. The van der Waals surface area contributed by atoms with Gasteiger partial charge in [0.25, 0.3) is 0 Å². The molecule has 0 aromatic carbocycles.